The molecule has 2 aliphatic heterocycles. The van der Waals surface area contributed by atoms with Crippen molar-refractivity contribution in [2.75, 3.05) is 20.0 Å². The average molecular weight is 486 g/mol. The maximum Gasteiger partial charge on any atom is 0.220 e. The summed E-state index contributed by atoms with van der Waals surface area (Å²) in [5, 5.41) is 3.79. The minimum Gasteiger partial charge on any atom is -0.357 e. The second kappa shape index (κ2) is 10.2. The van der Waals surface area contributed by atoms with E-state index >= 15 is 0 Å². The van der Waals surface area contributed by atoms with Crippen molar-refractivity contribution in [3.8, 4) is 0 Å². The van der Waals surface area contributed by atoms with Crippen LogP contribution >= 0.6 is 11.8 Å². The van der Waals surface area contributed by atoms with Gasteiger partial charge in [0.15, 0.2) is 5.12 Å². The number of ether oxygens (including phenoxy) is 5. The van der Waals surface area contributed by atoms with Crippen LogP contribution in [0, 0.1) is 0 Å². The lowest BCUT2D eigenvalue weighted by Crippen LogP contribution is -2.72. The van der Waals surface area contributed by atoms with Crippen LogP contribution in [0.25, 0.3) is 10.4 Å². The van der Waals surface area contributed by atoms with E-state index in [0.717, 1.165) is 11.8 Å². The number of hydrogen-bond acceptors (Lipinski definition) is 9. The number of carbonyl (C=O) groups excluding carboxylic acids is 1. The zero-order valence-corrected chi connectivity index (χ0v) is 20.1. The summed E-state index contributed by atoms with van der Waals surface area (Å²) in [7, 11) is 1.22. The maximum atomic E-state index is 13.4. The van der Waals surface area contributed by atoms with Gasteiger partial charge in [-0.25, -0.2) is 0 Å². The van der Waals surface area contributed by atoms with Gasteiger partial charge in [-0.15, -0.1) is 0 Å². The lowest BCUT2D eigenvalue weighted by atomic mass is 9.94. The molecule has 10 nitrogen and oxygen atoms in total. The molecular formula is C20H27N3O7S2. The van der Waals surface area contributed by atoms with E-state index in [4.69, 9.17) is 23.7 Å². The molecule has 2 heterocycles. The largest absolute Gasteiger partial charge is 0.357 e. The Morgan fingerprint density at radius 2 is 1.78 bits per heavy atom. The Labute approximate surface area is 193 Å². The van der Waals surface area contributed by atoms with Crippen LogP contribution in [-0.2, 0) is 39.3 Å². The second-order valence-electron chi connectivity index (χ2n) is 7.62. The van der Waals surface area contributed by atoms with Gasteiger partial charge in [0.2, 0.25) is 11.6 Å². The van der Waals surface area contributed by atoms with E-state index in [1.807, 2.05) is 6.07 Å². The van der Waals surface area contributed by atoms with Gasteiger partial charge in [0, 0.05) is 36.7 Å². The Hall–Kier alpha value is -1.50. The number of nitrogens with zero attached hydrogens (tertiary/aromatic N) is 3. The number of thioether (sulfide) groups is 1. The van der Waals surface area contributed by atoms with Gasteiger partial charge in [-0.1, -0.05) is 35.1 Å². The SMILES string of the molecule is CO[C@@]1(C)O[C@@H]2[C@@H](N=[N+]=[N-])[C@H](S(=O)c3ccccc3)O[C@H](CSC(C)=O)[C@H]2O[C@]1(C)OC. The molecule has 0 N–H and O–H groups in total. The van der Waals surface area contributed by atoms with Crippen molar-refractivity contribution in [2.45, 2.75) is 67.0 Å². The third-order valence-electron chi connectivity index (χ3n) is 5.76. The Bertz CT molecular complexity index is 900. The van der Waals surface area contributed by atoms with E-state index in [-0.39, 0.29) is 10.9 Å². The smallest absolute Gasteiger partial charge is 0.220 e. The monoisotopic (exact) mass is 485 g/mol. The molecule has 176 valence electrons. The van der Waals surface area contributed by atoms with Crippen molar-refractivity contribution < 1.29 is 32.7 Å². The zero-order chi connectivity index (χ0) is 23.5. The number of rotatable bonds is 7. The van der Waals surface area contributed by atoms with Crippen molar-refractivity contribution in [2.24, 2.45) is 5.11 Å². The third kappa shape index (κ3) is 4.73. The molecule has 0 aliphatic carbocycles. The molecular weight excluding hydrogens is 458 g/mol. The van der Waals surface area contributed by atoms with Crippen LogP contribution in [0.3, 0.4) is 0 Å². The van der Waals surface area contributed by atoms with E-state index in [1.54, 1.807) is 38.1 Å². The fourth-order valence-electron chi connectivity index (χ4n) is 3.75. The minimum absolute atomic E-state index is 0.101. The van der Waals surface area contributed by atoms with Gasteiger partial charge in [0.1, 0.15) is 23.7 Å². The van der Waals surface area contributed by atoms with Crippen LogP contribution in [0.5, 0.6) is 0 Å². The van der Waals surface area contributed by atoms with E-state index < -0.39 is 52.2 Å². The Morgan fingerprint density at radius 3 is 2.31 bits per heavy atom. The van der Waals surface area contributed by atoms with Crippen molar-refractivity contribution >= 4 is 27.7 Å². The predicted octanol–water partition coefficient (Wildman–Crippen LogP) is 2.99. The van der Waals surface area contributed by atoms with Gasteiger partial charge in [-0.2, -0.15) is 0 Å². The average Bonchev–Trinajstić information content (AvgIpc) is 2.79. The number of hydrogen-bond donors (Lipinski definition) is 0. The van der Waals surface area contributed by atoms with E-state index in [9.17, 15) is 14.5 Å². The van der Waals surface area contributed by atoms with Crippen molar-refractivity contribution in [3.63, 3.8) is 0 Å². The molecule has 8 atom stereocenters. The van der Waals surface area contributed by atoms with Crippen molar-refractivity contribution in [1.82, 2.24) is 0 Å². The summed E-state index contributed by atoms with van der Waals surface area (Å²) in [6, 6.07) is 7.76. The van der Waals surface area contributed by atoms with Crippen LogP contribution in [-0.4, -0.2) is 70.7 Å². The van der Waals surface area contributed by atoms with Crippen LogP contribution < -0.4 is 0 Å². The molecule has 0 radical (unpaired) electrons. The summed E-state index contributed by atoms with van der Waals surface area (Å²) < 4.78 is 43.4. The lowest BCUT2D eigenvalue weighted by molar-refractivity contribution is -0.462. The summed E-state index contributed by atoms with van der Waals surface area (Å²) in [6.07, 6.45) is -2.31. The fraction of sp³-hybridized carbons (Fsp3) is 0.650. The molecule has 2 saturated heterocycles. The van der Waals surface area contributed by atoms with Crippen molar-refractivity contribution in [1.29, 1.82) is 0 Å². The molecule has 1 aromatic rings. The molecule has 2 fully saturated rings. The quantitative estimate of drug-likeness (QED) is 0.327. The highest BCUT2D eigenvalue weighted by molar-refractivity contribution is 8.13. The highest BCUT2D eigenvalue weighted by atomic mass is 32.2. The molecule has 0 aromatic heterocycles. The first-order chi connectivity index (χ1) is 15.2. The first-order valence-corrected chi connectivity index (χ1v) is 12.1. The van der Waals surface area contributed by atoms with E-state index in [1.165, 1.54) is 21.1 Å². The molecule has 0 bridgehead atoms. The summed E-state index contributed by atoms with van der Waals surface area (Å²) in [5.74, 6) is -2.45. The topological polar surface area (TPSA) is 129 Å². The first kappa shape index (κ1) is 25.1. The Morgan fingerprint density at radius 1 is 1.19 bits per heavy atom. The van der Waals surface area contributed by atoms with Crippen LogP contribution in [0.2, 0.25) is 0 Å². The van der Waals surface area contributed by atoms with Gasteiger partial charge in [0.25, 0.3) is 0 Å². The molecule has 1 unspecified atom stereocenters. The molecule has 32 heavy (non-hydrogen) atoms. The van der Waals surface area contributed by atoms with Crippen molar-refractivity contribution in [3.05, 3.63) is 40.8 Å². The summed E-state index contributed by atoms with van der Waals surface area (Å²) in [6.45, 7) is 4.77. The number of methoxy groups -OCH3 is 2. The van der Waals surface area contributed by atoms with E-state index in [2.05, 4.69) is 10.0 Å². The lowest BCUT2D eigenvalue weighted by Gasteiger charge is -2.56. The van der Waals surface area contributed by atoms with Gasteiger partial charge in [-0.05, 0) is 31.5 Å². The van der Waals surface area contributed by atoms with Gasteiger partial charge in [0.05, 0.1) is 16.9 Å². The minimum atomic E-state index is -1.69. The zero-order valence-electron chi connectivity index (χ0n) is 18.5. The predicted molar refractivity (Wildman–Crippen MR) is 118 cm³/mol. The number of carbonyl (C=O) groups is 1. The van der Waals surface area contributed by atoms with Crippen LogP contribution in [0.1, 0.15) is 20.8 Å². The Kier molecular flexibility index (Phi) is 8.00. The molecule has 3 rings (SSSR count). The Balaban J connectivity index is 2.04. The normalized spacial score (nSPS) is 37.7. The second-order valence-corrected chi connectivity index (χ2v) is 10.3. The van der Waals surface area contributed by atoms with Crippen LogP contribution in [0.4, 0.5) is 0 Å². The van der Waals surface area contributed by atoms with E-state index in [0.29, 0.717) is 4.90 Å². The number of azide groups is 1. The molecule has 0 spiro atoms. The van der Waals surface area contributed by atoms with Crippen LogP contribution in [0.15, 0.2) is 40.3 Å². The van der Waals surface area contributed by atoms with Gasteiger partial charge < -0.3 is 23.7 Å². The van der Waals surface area contributed by atoms with Gasteiger partial charge in [-0.3, -0.25) is 9.00 Å². The maximum absolute atomic E-state index is 13.4. The molecule has 12 heteroatoms. The summed E-state index contributed by atoms with van der Waals surface area (Å²) in [5.41, 5.74) is 8.24. The molecule has 0 saturated carbocycles. The number of benzene rings is 1. The standard InChI is InChI=1S/C20H27N3O7S2/c1-12(24)31-11-14-16-17(30-20(3,27-5)19(2,26-4)29-16)15(22-23-21)18(28-14)32(25)13-9-7-6-8-10-13/h6-10,14-18H,11H2,1-5H3/t14-,15-,16-,17-,18+,19+,20+,32?/m1/s1. The third-order valence-corrected chi connectivity index (χ3v) is 8.21. The number of fused-ring (bicyclic) bond motifs is 1. The highest BCUT2D eigenvalue weighted by Gasteiger charge is 2.62. The molecule has 0 amide bonds. The highest BCUT2D eigenvalue weighted by Crippen LogP contribution is 2.45. The molecule has 1 aromatic carbocycles. The first-order valence-electron chi connectivity index (χ1n) is 9.94. The molecule has 2 aliphatic rings. The summed E-state index contributed by atoms with van der Waals surface area (Å²) >= 11 is 1.06. The van der Waals surface area contributed by atoms with Gasteiger partial charge >= 0.3 is 0 Å². The fourth-order valence-corrected chi connectivity index (χ4v) is 5.82. The summed E-state index contributed by atoms with van der Waals surface area (Å²) in [4.78, 5) is 15.1.